The molecule has 0 spiro atoms. The number of hydrogen-bond acceptors (Lipinski definition) is 4. The van der Waals surface area contributed by atoms with Crippen LogP contribution in [0.4, 0.5) is 0 Å². The molecule has 0 amide bonds. The first-order chi connectivity index (χ1) is 8.07. The summed E-state index contributed by atoms with van der Waals surface area (Å²) in [5.41, 5.74) is -0.950. The van der Waals surface area contributed by atoms with E-state index in [4.69, 9.17) is 4.74 Å². The van der Waals surface area contributed by atoms with Crippen molar-refractivity contribution in [3.05, 3.63) is 0 Å². The Morgan fingerprint density at radius 3 is 2.88 bits per heavy atom. The van der Waals surface area contributed by atoms with Gasteiger partial charge in [0.1, 0.15) is 5.41 Å². The molecule has 1 N–H and O–H groups in total. The quantitative estimate of drug-likeness (QED) is 0.596. The molecule has 4 nitrogen and oxygen atoms in total. The molecule has 2 rings (SSSR count). The van der Waals surface area contributed by atoms with Crippen LogP contribution in [0.5, 0.6) is 0 Å². The molecular weight excluding hydrogens is 220 g/mol. The minimum atomic E-state index is -0.950. The number of carbonyl (C=O) groups excluding carboxylic acids is 2. The van der Waals surface area contributed by atoms with Crippen molar-refractivity contribution in [3.8, 4) is 0 Å². The fourth-order valence-corrected chi connectivity index (χ4v) is 3.66. The molecule has 0 saturated heterocycles. The number of methoxy groups -OCH3 is 1. The van der Waals surface area contributed by atoms with Crippen molar-refractivity contribution in [1.82, 2.24) is 0 Å². The Morgan fingerprint density at radius 1 is 1.59 bits per heavy atom. The minimum Gasteiger partial charge on any atom is -0.468 e. The van der Waals surface area contributed by atoms with Crippen LogP contribution >= 0.6 is 0 Å². The predicted octanol–water partition coefficient (Wildman–Crippen LogP) is 1.31. The third-order valence-corrected chi connectivity index (χ3v) is 4.50. The number of rotatable bonds is 3. The molecule has 0 aromatic rings. The normalized spacial score (nSPS) is 40.4. The third kappa shape index (κ3) is 1.61. The Hall–Kier alpha value is -0.900. The zero-order valence-corrected chi connectivity index (χ0v) is 10.4. The molecule has 0 unspecified atom stereocenters. The fraction of sp³-hybridized carbons (Fsp3) is 0.846. The van der Waals surface area contributed by atoms with E-state index in [0.717, 1.165) is 12.8 Å². The molecule has 2 aliphatic rings. The average Bonchev–Trinajstić information content (AvgIpc) is 2.58. The summed E-state index contributed by atoms with van der Waals surface area (Å²) in [4.78, 5) is 24.4. The maximum absolute atomic E-state index is 12.3. The van der Waals surface area contributed by atoms with Gasteiger partial charge in [0.15, 0.2) is 5.78 Å². The fourth-order valence-electron chi connectivity index (χ4n) is 3.66. The van der Waals surface area contributed by atoms with Gasteiger partial charge >= 0.3 is 5.97 Å². The molecule has 17 heavy (non-hydrogen) atoms. The first kappa shape index (κ1) is 12.6. The highest BCUT2D eigenvalue weighted by Crippen LogP contribution is 2.54. The number of aliphatic hydroxyl groups is 1. The van der Waals surface area contributed by atoms with Crippen LogP contribution in [-0.2, 0) is 14.3 Å². The molecule has 96 valence electrons. The third-order valence-electron chi connectivity index (χ3n) is 4.50. The van der Waals surface area contributed by atoms with Crippen LogP contribution in [0.2, 0.25) is 0 Å². The van der Waals surface area contributed by atoms with E-state index in [0.29, 0.717) is 19.3 Å². The Balaban J connectivity index is 2.37. The van der Waals surface area contributed by atoms with Gasteiger partial charge in [0.25, 0.3) is 0 Å². The number of aliphatic hydroxyl groups excluding tert-OH is 1. The van der Waals surface area contributed by atoms with Gasteiger partial charge in [-0.05, 0) is 31.6 Å². The summed E-state index contributed by atoms with van der Waals surface area (Å²) < 4.78 is 4.85. The molecule has 0 aromatic heterocycles. The van der Waals surface area contributed by atoms with E-state index >= 15 is 0 Å². The summed E-state index contributed by atoms with van der Waals surface area (Å²) in [5, 5.41) is 9.96. The summed E-state index contributed by atoms with van der Waals surface area (Å²) in [6, 6.07) is 0. The lowest BCUT2D eigenvalue weighted by Crippen LogP contribution is -2.51. The number of fused-ring (bicyclic) bond motifs is 2. The van der Waals surface area contributed by atoms with Crippen molar-refractivity contribution >= 4 is 11.8 Å². The lowest BCUT2D eigenvalue weighted by molar-refractivity contribution is -0.166. The number of hydrogen-bond donors (Lipinski definition) is 1. The Labute approximate surface area is 101 Å². The highest BCUT2D eigenvalue weighted by molar-refractivity contribution is 6.07. The molecule has 2 bridgehead atoms. The maximum atomic E-state index is 12.3. The molecule has 0 radical (unpaired) electrons. The highest BCUT2D eigenvalue weighted by atomic mass is 16.5. The second kappa shape index (κ2) is 4.41. The summed E-state index contributed by atoms with van der Waals surface area (Å²) in [6.07, 6.45) is 2.86. The largest absolute Gasteiger partial charge is 0.468 e. The topological polar surface area (TPSA) is 63.6 Å². The van der Waals surface area contributed by atoms with Gasteiger partial charge in [-0.1, -0.05) is 13.3 Å². The Morgan fingerprint density at radius 2 is 2.29 bits per heavy atom. The van der Waals surface area contributed by atoms with Crippen LogP contribution in [0, 0.1) is 17.3 Å². The second-order valence-corrected chi connectivity index (χ2v) is 5.26. The van der Waals surface area contributed by atoms with E-state index in [1.807, 2.05) is 6.92 Å². The number of esters is 1. The van der Waals surface area contributed by atoms with Crippen LogP contribution < -0.4 is 0 Å². The molecule has 4 atom stereocenters. The van der Waals surface area contributed by atoms with Gasteiger partial charge in [0.2, 0.25) is 0 Å². The molecule has 0 heterocycles. The van der Waals surface area contributed by atoms with Gasteiger partial charge in [0.05, 0.1) is 13.2 Å². The van der Waals surface area contributed by atoms with Gasteiger partial charge in [-0.3, -0.25) is 9.59 Å². The molecule has 2 aliphatic carbocycles. The molecule has 4 heteroatoms. The second-order valence-electron chi connectivity index (χ2n) is 5.26. The van der Waals surface area contributed by atoms with Crippen molar-refractivity contribution in [2.75, 3.05) is 7.11 Å². The number of ketones is 1. The van der Waals surface area contributed by atoms with Gasteiger partial charge < -0.3 is 9.84 Å². The van der Waals surface area contributed by atoms with Crippen molar-refractivity contribution < 1.29 is 19.4 Å². The van der Waals surface area contributed by atoms with E-state index in [9.17, 15) is 14.7 Å². The highest BCUT2D eigenvalue weighted by Gasteiger charge is 2.63. The van der Waals surface area contributed by atoms with Crippen LogP contribution in [0.1, 0.15) is 39.0 Å². The van der Waals surface area contributed by atoms with Crippen LogP contribution in [0.15, 0.2) is 0 Å². The van der Waals surface area contributed by atoms with Gasteiger partial charge in [-0.2, -0.15) is 0 Å². The number of carbonyl (C=O) groups is 2. The van der Waals surface area contributed by atoms with Gasteiger partial charge in [-0.15, -0.1) is 0 Å². The standard InChI is InChI=1S/C13H20O4/c1-3-4-8-7-10(14)9-5-6-13(8,11(9)15)12(16)17-2/h8-10,14H,3-7H2,1-2H3/t8-,9-,10-,13-/m0/s1. The zero-order chi connectivity index (χ0) is 12.6. The van der Waals surface area contributed by atoms with Crippen molar-refractivity contribution in [2.45, 2.75) is 45.1 Å². The number of ether oxygens (including phenoxy) is 1. The average molecular weight is 240 g/mol. The van der Waals surface area contributed by atoms with E-state index < -0.39 is 17.5 Å². The lowest BCUT2D eigenvalue weighted by atomic mass is 9.64. The summed E-state index contributed by atoms with van der Waals surface area (Å²) >= 11 is 0. The first-order valence-electron chi connectivity index (χ1n) is 6.38. The van der Waals surface area contributed by atoms with Crippen LogP contribution in [0.25, 0.3) is 0 Å². The first-order valence-corrected chi connectivity index (χ1v) is 6.38. The van der Waals surface area contributed by atoms with Crippen LogP contribution in [-0.4, -0.2) is 30.1 Å². The SMILES string of the molecule is CCC[C@H]1C[C@H](O)[C@@H]2CC[C@@]1(C(=O)OC)C2=O. The van der Waals surface area contributed by atoms with Crippen molar-refractivity contribution in [3.63, 3.8) is 0 Å². The Bertz CT molecular complexity index is 338. The van der Waals surface area contributed by atoms with E-state index in [-0.39, 0.29) is 17.6 Å². The molecule has 0 aliphatic heterocycles. The van der Waals surface area contributed by atoms with Crippen LogP contribution in [0.3, 0.4) is 0 Å². The summed E-state index contributed by atoms with van der Waals surface area (Å²) in [7, 11) is 1.34. The van der Waals surface area contributed by atoms with Crippen molar-refractivity contribution in [1.29, 1.82) is 0 Å². The van der Waals surface area contributed by atoms with Gasteiger partial charge in [0, 0.05) is 5.92 Å². The summed E-state index contributed by atoms with van der Waals surface area (Å²) in [5.74, 6) is -0.875. The monoisotopic (exact) mass is 240 g/mol. The maximum Gasteiger partial charge on any atom is 0.319 e. The molecule has 0 aromatic carbocycles. The zero-order valence-electron chi connectivity index (χ0n) is 10.4. The lowest BCUT2D eigenvalue weighted by Gasteiger charge is -2.39. The van der Waals surface area contributed by atoms with Crippen molar-refractivity contribution in [2.24, 2.45) is 17.3 Å². The minimum absolute atomic E-state index is 0.0544. The molecule has 2 saturated carbocycles. The van der Waals surface area contributed by atoms with Gasteiger partial charge in [-0.25, -0.2) is 0 Å². The molecular formula is C13H20O4. The van der Waals surface area contributed by atoms with E-state index in [1.165, 1.54) is 7.11 Å². The predicted molar refractivity (Wildman–Crippen MR) is 61.2 cm³/mol. The Kier molecular flexibility index (Phi) is 3.25. The molecule has 2 fully saturated rings. The summed E-state index contributed by atoms with van der Waals surface area (Å²) in [6.45, 7) is 2.03. The van der Waals surface area contributed by atoms with E-state index in [2.05, 4.69) is 0 Å². The smallest absolute Gasteiger partial charge is 0.319 e. The number of Topliss-reactive ketones (excluding diaryl/α,β-unsaturated/α-hetero) is 1. The van der Waals surface area contributed by atoms with E-state index in [1.54, 1.807) is 0 Å².